The Morgan fingerprint density at radius 3 is 2.44 bits per heavy atom. The number of hydrogen-bond acceptors (Lipinski definition) is 3. The molecule has 0 aliphatic carbocycles. The normalized spacial score (nSPS) is 11.9. The number of carbonyl (C=O) groups excluding carboxylic acids is 1. The third-order valence-electron chi connectivity index (χ3n) is 2.47. The minimum Gasteiger partial charge on any atom is -0.385 e. The lowest BCUT2D eigenvalue weighted by atomic mass is 10.2. The fourth-order valence-electron chi connectivity index (χ4n) is 1.47. The SMILES string of the molecule is CCNc1ccc(C(=O)NCCS(=O)CC)cc1. The van der Waals surface area contributed by atoms with Gasteiger partial charge in [0.1, 0.15) is 0 Å². The van der Waals surface area contributed by atoms with Gasteiger partial charge < -0.3 is 10.6 Å². The van der Waals surface area contributed by atoms with E-state index in [2.05, 4.69) is 10.6 Å². The molecule has 1 aromatic carbocycles. The molecule has 1 atom stereocenters. The molecule has 1 rings (SSSR count). The van der Waals surface area contributed by atoms with Gasteiger partial charge in [-0.1, -0.05) is 6.92 Å². The molecule has 0 radical (unpaired) electrons. The van der Waals surface area contributed by atoms with E-state index in [0.717, 1.165) is 12.2 Å². The summed E-state index contributed by atoms with van der Waals surface area (Å²) in [6.07, 6.45) is 0. The lowest BCUT2D eigenvalue weighted by Crippen LogP contribution is -2.27. The van der Waals surface area contributed by atoms with Crippen LogP contribution in [-0.2, 0) is 10.8 Å². The Labute approximate surface area is 111 Å². The summed E-state index contributed by atoms with van der Waals surface area (Å²) >= 11 is 0. The largest absolute Gasteiger partial charge is 0.385 e. The summed E-state index contributed by atoms with van der Waals surface area (Å²) in [5.41, 5.74) is 1.63. The van der Waals surface area contributed by atoms with Gasteiger partial charge in [0, 0.05) is 46.6 Å². The van der Waals surface area contributed by atoms with E-state index in [4.69, 9.17) is 0 Å². The summed E-state index contributed by atoms with van der Waals surface area (Å²) in [7, 11) is -0.831. The van der Waals surface area contributed by atoms with Crippen molar-refractivity contribution in [2.45, 2.75) is 13.8 Å². The first-order valence-electron chi connectivity index (χ1n) is 6.14. The van der Waals surface area contributed by atoms with E-state index >= 15 is 0 Å². The molecular formula is C13H20N2O2S. The fraction of sp³-hybridized carbons (Fsp3) is 0.462. The van der Waals surface area contributed by atoms with Crippen LogP contribution < -0.4 is 10.6 Å². The second kappa shape index (κ2) is 7.87. The molecule has 1 amide bonds. The molecule has 5 heteroatoms. The molecule has 4 nitrogen and oxygen atoms in total. The molecule has 0 aliphatic heterocycles. The first-order chi connectivity index (χ1) is 8.67. The van der Waals surface area contributed by atoms with Crippen LogP contribution in [0.25, 0.3) is 0 Å². The second-order valence-corrected chi connectivity index (χ2v) is 5.66. The maximum absolute atomic E-state index is 11.8. The molecule has 0 bridgehead atoms. The Bertz CT molecular complexity index is 404. The van der Waals surface area contributed by atoms with Gasteiger partial charge in [0.05, 0.1) is 0 Å². The highest BCUT2D eigenvalue weighted by Crippen LogP contribution is 2.08. The van der Waals surface area contributed by atoms with Crippen molar-refractivity contribution < 1.29 is 9.00 Å². The van der Waals surface area contributed by atoms with Crippen molar-refractivity contribution in [2.75, 3.05) is 29.9 Å². The van der Waals surface area contributed by atoms with Crippen LogP contribution in [0.4, 0.5) is 5.69 Å². The van der Waals surface area contributed by atoms with Crippen LogP contribution in [0.5, 0.6) is 0 Å². The summed E-state index contributed by atoms with van der Waals surface area (Å²) in [6, 6.07) is 7.32. The quantitative estimate of drug-likeness (QED) is 0.790. The number of nitrogens with one attached hydrogen (secondary N) is 2. The Morgan fingerprint density at radius 1 is 1.22 bits per heavy atom. The maximum atomic E-state index is 11.8. The predicted octanol–water partition coefficient (Wildman–Crippen LogP) is 1.62. The van der Waals surface area contributed by atoms with Crippen molar-refractivity contribution >= 4 is 22.4 Å². The number of amides is 1. The first-order valence-corrected chi connectivity index (χ1v) is 7.63. The molecule has 100 valence electrons. The highest BCUT2D eigenvalue weighted by atomic mass is 32.2. The van der Waals surface area contributed by atoms with Gasteiger partial charge in [-0.3, -0.25) is 9.00 Å². The Balaban J connectivity index is 2.44. The van der Waals surface area contributed by atoms with Crippen LogP contribution in [0.1, 0.15) is 24.2 Å². The summed E-state index contributed by atoms with van der Waals surface area (Å²) in [4.78, 5) is 11.8. The van der Waals surface area contributed by atoms with Crippen molar-refractivity contribution in [3.05, 3.63) is 29.8 Å². The van der Waals surface area contributed by atoms with Crippen LogP contribution >= 0.6 is 0 Å². The smallest absolute Gasteiger partial charge is 0.251 e. The molecule has 18 heavy (non-hydrogen) atoms. The van der Waals surface area contributed by atoms with Gasteiger partial charge in [0.25, 0.3) is 5.91 Å². The molecule has 0 aromatic heterocycles. The summed E-state index contributed by atoms with van der Waals surface area (Å²) in [5, 5.41) is 5.93. The maximum Gasteiger partial charge on any atom is 0.251 e. The standard InChI is InChI=1S/C13H20N2O2S/c1-3-14-12-7-5-11(6-8-12)13(16)15-9-10-18(17)4-2/h5-8,14H,3-4,9-10H2,1-2H3,(H,15,16). The van der Waals surface area contributed by atoms with Gasteiger partial charge in [0.15, 0.2) is 0 Å². The summed E-state index contributed by atoms with van der Waals surface area (Å²) in [5.74, 6) is 1.02. The minimum absolute atomic E-state index is 0.119. The third-order valence-corrected chi connectivity index (χ3v) is 3.77. The summed E-state index contributed by atoms with van der Waals surface area (Å²) < 4.78 is 11.2. The van der Waals surface area contributed by atoms with E-state index in [1.165, 1.54) is 0 Å². The van der Waals surface area contributed by atoms with Crippen LogP contribution in [0.3, 0.4) is 0 Å². The average Bonchev–Trinajstić information content (AvgIpc) is 2.39. The molecule has 0 saturated heterocycles. The van der Waals surface area contributed by atoms with Crippen LogP contribution in [0.2, 0.25) is 0 Å². The lowest BCUT2D eigenvalue weighted by molar-refractivity contribution is 0.0956. The minimum atomic E-state index is -0.831. The Kier molecular flexibility index (Phi) is 6.43. The molecule has 1 unspecified atom stereocenters. The highest BCUT2D eigenvalue weighted by molar-refractivity contribution is 7.84. The fourth-order valence-corrected chi connectivity index (χ4v) is 2.09. The monoisotopic (exact) mass is 268 g/mol. The molecule has 2 N–H and O–H groups in total. The van der Waals surface area contributed by atoms with Gasteiger partial charge in [-0.15, -0.1) is 0 Å². The molecule has 1 aromatic rings. The second-order valence-electron chi connectivity index (χ2n) is 3.80. The van der Waals surface area contributed by atoms with Gasteiger partial charge in [-0.2, -0.15) is 0 Å². The van der Waals surface area contributed by atoms with Crippen LogP contribution in [0, 0.1) is 0 Å². The number of anilines is 1. The molecule has 0 saturated carbocycles. The van der Waals surface area contributed by atoms with Crippen molar-refractivity contribution in [3.63, 3.8) is 0 Å². The van der Waals surface area contributed by atoms with Gasteiger partial charge in [0.2, 0.25) is 0 Å². The van der Waals surface area contributed by atoms with Crippen molar-refractivity contribution in [2.24, 2.45) is 0 Å². The topological polar surface area (TPSA) is 58.2 Å². The van der Waals surface area contributed by atoms with E-state index in [9.17, 15) is 9.00 Å². The number of rotatable bonds is 7. The number of carbonyl (C=O) groups is 1. The molecular weight excluding hydrogens is 248 g/mol. The zero-order valence-corrected chi connectivity index (χ0v) is 11.7. The molecule has 0 fully saturated rings. The van der Waals surface area contributed by atoms with Crippen LogP contribution in [0.15, 0.2) is 24.3 Å². The van der Waals surface area contributed by atoms with Gasteiger partial charge >= 0.3 is 0 Å². The predicted molar refractivity (Wildman–Crippen MR) is 76.5 cm³/mol. The first kappa shape index (κ1) is 14.7. The van der Waals surface area contributed by atoms with Crippen molar-refractivity contribution in [1.29, 1.82) is 0 Å². The van der Waals surface area contributed by atoms with E-state index in [-0.39, 0.29) is 5.91 Å². The van der Waals surface area contributed by atoms with E-state index < -0.39 is 10.8 Å². The molecule has 0 aliphatic rings. The van der Waals surface area contributed by atoms with Crippen molar-refractivity contribution in [1.82, 2.24) is 5.32 Å². The number of hydrogen-bond donors (Lipinski definition) is 2. The zero-order valence-electron chi connectivity index (χ0n) is 10.9. The van der Waals surface area contributed by atoms with Gasteiger partial charge in [-0.05, 0) is 31.2 Å². The van der Waals surface area contributed by atoms with Crippen LogP contribution in [-0.4, -0.2) is 34.7 Å². The summed E-state index contributed by atoms with van der Waals surface area (Å²) in [6.45, 7) is 5.20. The average molecular weight is 268 g/mol. The van der Waals surface area contributed by atoms with Crippen molar-refractivity contribution in [3.8, 4) is 0 Å². The highest BCUT2D eigenvalue weighted by Gasteiger charge is 2.05. The van der Waals surface area contributed by atoms with Gasteiger partial charge in [-0.25, -0.2) is 0 Å². The van der Waals surface area contributed by atoms with E-state index in [0.29, 0.717) is 23.6 Å². The molecule has 0 spiro atoms. The third kappa shape index (κ3) is 4.87. The zero-order chi connectivity index (χ0) is 13.4. The van der Waals surface area contributed by atoms with E-state index in [1.54, 1.807) is 12.1 Å². The number of benzene rings is 1. The lowest BCUT2D eigenvalue weighted by Gasteiger charge is -2.06. The Hall–Kier alpha value is -1.36. The Morgan fingerprint density at radius 2 is 1.89 bits per heavy atom. The van der Waals surface area contributed by atoms with E-state index in [1.807, 2.05) is 26.0 Å². The molecule has 0 heterocycles.